The summed E-state index contributed by atoms with van der Waals surface area (Å²) in [5.41, 5.74) is 12.1. The number of aromatic nitrogens is 4. The van der Waals surface area contributed by atoms with Gasteiger partial charge in [-0.25, -0.2) is 4.98 Å². The second-order valence-electron chi connectivity index (χ2n) is 16.0. The van der Waals surface area contributed by atoms with Crippen LogP contribution in [0.4, 0.5) is 0 Å². The summed E-state index contributed by atoms with van der Waals surface area (Å²) in [6.45, 7) is 6.70. The third-order valence-corrected chi connectivity index (χ3v) is 11.0. The SMILES string of the molecule is CC(C)(C)c1ccnc(-n2c3ccccc3c3ccc(Oc4cc(-c5ccccc5)cc(-n5[c-][n+](-c6ccc(-c7ccccc7)cc6-c6ccccc6)cc5)c4)cc32)c1. The lowest BCUT2D eigenvalue weighted by molar-refractivity contribution is -0.598. The molecule has 10 rings (SSSR count). The van der Waals surface area contributed by atoms with Crippen LogP contribution in [-0.2, 0) is 5.41 Å². The van der Waals surface area contributed by atoms with Gasteiger partial charge in [0, 0.05) is 35.4 Å². The van der Waals surface area contributed by atoms with Gasteiger partial charge in [-0.2, -0.15) is 0 Å². The van der Waals surface area contributed by atoms with Gasteiger partial charge in [0.25, 0.3) is 6.33 Å². The number of imidazole rings is 1. The molecular formula is C54H42N4O. The first-order valence-corrected chi connectivity index (χ1v) is 20.0. The third kappa shape index (κ3) is 6.98. The van der Waals surface area contributed by atoms with E-state index in [4.69, 9.17) is 9.72 Å². The van der Waals surface area contributed by atoms with Crippen molar-refractivity contribution in [2.24, 2.45) is 0 Å². The van der Waals surface area contributed by atoms with Crippen LogP contribution in [-0.4, -0.2) is 14.1 Å². The first-order valence-electron chi connectivity index (χ1n) is 20.0. The van der Waals surface area contributed by atoms with Crippen molar-refractivity contribution in [2.75, 3.05) is 0 Å². The van der Waals surface area contributed by atoms with Gasteiger partial charge in [-0.05, 0) is 105 Å². The zero-order valence-electron chi connectivity index (χ0n) is 33.2. The molecule has 0 aliphatic rings. The summed E-state index contributed by atoms with van der Waals surface area (Å²) < 4.78 is 13.2. The molecule has 3 heterocycles. The van der Waals surface area contributed by atoms with Gasteiger partial charge in [0.1, 0.15) is 17.3 Å². The first kappa shape index (κ1) is 35.9. The summed E-state index contributed by atoms with van der Waals surface area (Å²) in [4.78, 5) is 4.88. The second-order valence-corrected chi connectivity index (χ2v) is 16.0. The molecule has 59 heavy (non-hydrogen) atoms. The van der Waals surface area contributed by atoms with Crippen LogP contribution >= 0.6 is 0 Å². The maximum atomic E-state index is 6.83. The Hall–Kier alpha value is -7.50. The highest BCUT2D eigenvalue weighted by Crippen LogP contribution is 2.37. The molecule has 0 N–H and O–H groups in total. The van der Waals surface area contributed by atoms with Crippen molar-refractivity contribution in [3.8, 4) is 62.1 Å². The highest BCUT2D eigenvalue weighted by atomic mass is 16.5. The Labute approximate surface area is 344 Å². The number of hydrogen-bond donors (Lipinski definition) is 0. The van der Waals surface area contributed by atoms with Gasteiger partial charge in [-0.15, -0.1) is 0 Å². The highest BCUT2D eigenvalue weighted by Gasteiger charge is 2.19. The molecular weight excluding hydrogens is 721 g/mol. The van der Waals surface area contributed by atoms with Crippen LogP contribution in [0.2, 0.25) is 0 Å². The fourth-order valence-electron chi connectivity index (χ4n) is 7.98. The number of para-hydroxylation sites is 1. The summed E-state index contributed by atoms with van der Waals surface area (Å²) in [5, 5.41) is 2.32. The molecule has 3 aromatic heterocycles. The summed E-state index contributed by atoms with van der Waals surface area (Å²) in [7, 11) is 0. The number of benzene rings is 7. The molecule has 0 fully saturated rings. The van der Waals surface area contributed by atoms with Crippen molar-refractivity contribution >= 4 is 21.8 Å². The summed E-state index contributed by atoms with van der Waals surface area (Å²) in [6.07, 6.45) is 9.66. The van der Waals surface area contributed by atoms with E-state index in [-0.39, 0.29) is 5.41 Å². The number of hydrogen-bond acceptors (Lipinski definition) is 2. The average Bonchev–Trinajstić information content (AvgIpc) is 3.90. The quantitative estimate of drug-likeness (QED) is 0.114. The highest BCUT2D eigenvalue weighted by molar-refractivity contribution is 6.09. The predicted octanol–water partition coefficient (Wildman–Crippen LogP) is 13.1. The van der Waals surface area contributed by atoms with Crippen LogP contribution in [0.1, 0.15) is 26.3 Å². The summed E-state index contributed by atoms with van der Waals surface area (Å²) in [5.74, 6) is 2.35. The average molecular weight is 763 g/mol. The lowest BCUT2D eigenvalue weighted by Crippen LogP contribution is -2.29. The lowest BCUT2D eigenvalue weighted by Gasteiger charge is -2.20. The number of rotatable bonds is 8. The van der Waals surface area contributed by atoms with Crippen LogP contribution < -0.4 is 9.30 Å². The van der Waals surface area contributed by atoms with E-state index in [9.17, 15) is 0 Å². The maximum Gasteiger partial charge on any atom is 0.268 e. The molecule has 5 heteroatoms. The number of pyridine rings is 1. The van der Waals surface area contributed by atoms with Gasteiger partial charge in [-0.1, -0.05) is 136 Å². The van der Waals surface area contributed by atoms with Crippen LogP contribution in [0.15, 0.2) is 201 Å². The van der Waals surface area contributed by atoms with Gasteiger partial charge >= 0.3 is 0 Å². The van der Waals surface area contributed by atoms with Crippen molar-refractivity contribution in [3.05, 3.63) is 212 Å². The largest absolute Gasteiger partial charge is 0.458 e. The van der Waals surface area contributed by atoms with Gasteiger partial charge in [-0.3, -0.25) is 13.7 Å². The van der Waals surface area contributed by atoms with E-state index in [1.54, 1.807) is 0 Å². The van der Waals surface area contributed by atoms with E-state index in [1.165, 1.54) is 22.1 Å². The normalized spacial score (nSPS) is 11.6. The third-order valence-electron chi connectivity index (χ3n) is 11.0. The van der Waals surface area contributed by atoms with E-state index < -0.39 is 0 Å². The molecule has 0 saturated heterocycles. The summed E-state index contributed by atoms with van der Waals surface area (Å²) in [6, 6.07) is 63.7. The second kappa shape index (κ2) is 14.8. The minimum atomic E-state index is -0.0141. The molecule has 0 bridgehead atoms. The maximum absolute atomic E-state index is 6.83. The Morgan fingerprint density at radius 2 is 1.22 bits per heavy atom. The number of ether oxygens (including phenoxy) is 1. The van der Waals surface area contributed by atoms with E-state index in [1.807, 2.05) is 16.8 Å². The molecule has 0 atom stereocenters. The Morgan fingerprint density at radius 1 is 0.542 bits per heavy atom. The standard InChI is InChI=1S/C54H42N4O/c1-54(2,3)43-27-28-55-53(34-43)58-51-22-14-13-21-47(51)48-25-24-45(36-52(48)58)59-46-32-42(39-17-9-5-10-18-39)31-44(35-46)56-29-30-57(37-56)50-26-23-41(38-15-7-4-8-16-38)33-49(50)40-19-11-6-12-20-40/h4-36H,1-3H3. The Kier molecular flexibility index (Phi) is 8.99. The van der Waals surface area contributed by atoms with Crippen LogP contribution in [0, 0.1) is 6.33 Å². The van der Waals surface area contributed by atoms with Crippen molar-refractivity contribution in [1.82, 2.24) is 14.1 Å². The smallest absolute Gasteiger partial charge is 0.268 e. The predicted molar refractivity (Wildman–Crippen MR) is 240 cm³/mol. The molecule has 0 unspecified atom stereocenters. The number of fused-ring (bicyclic) bond motifs is 3. The van der Waals surface area contributed by atoms with Crippen molar-refractivity contribution in [1.29, 1.82) is 0 Å². The topological polar surface area (TPSA) is 35.9 Å². The van der Waals surface area contributed by atoms with E-state index >= 15 is 0 Å². The van der Waals surface area contributed by atoms with Crippen LogP contribution in [0.5, 0.6) is 11.5 Å². The molecule has 0 aliphatic carbocycles. The van der Waals surface area contributed by atoms with E-state index in [2.05, 4.69) is 225 Å². The number of nitrogens with zero attached hydrogens (tertiary/aromatic N) is 4. The molecule has 0 aliphatic heterocycles. The zero-order chi connectivity index (χ0) is 39.9. The fraction of sp³-hybridized carbons (Fsp3) is 0.0741. The van der Waals surface area contributed by atoms with Crippen LogP contribution in [0.25, 0.3) is 72.4 Å². The Morgan fingerprint density at radius 3 is 1.97 bits per heavy atom. The Balaban J connectivity index is 1.06. The zero-order valence-corrected chi connectivity index (χ0v) is 33.2. The first-order chi connectivity index (χ1) is 28.9. The van der Waals surface area contributed by atoms with Crippen molar-refractivity contribution < 1.29 is 9.30 Å². The molecule has 0 amide bonds. The molecule has 0 saturated carbocycles. The summed E-state index contributed by atoms with van der Waals surface area (Å²) >= 11 is 0. The molecule has 0 spiro atoms. The fourth-order valence-corrected chi connectivity index (χ4v) is 7.98. The van der Waals surface area contributed by atoms with E-state index in [0.717, 1.165) is 67.4 Å². The molecule has 5 nitrogen and oxygen atoms in total. The molecule has 7 aromatic carbocycles. The Bertz CT molecular complexity index is 3100. The molecule has 284 valence electrons. The molecule has 10 aromatic rings. The van der Waals surface area contributed by atoms with Crippen LogP contribution in [0.3, 0.4) is 0 Å². The van der Waals surface area contributed by atoms with Gasteiger partial charge in [0.2, 0.25) is 0 Å². The minimum Gasteiger partial charge on any atom is -0.458 e. The van der Waals surface area contributed by atoms with Gasteiger partial charge in [0.15, 0.2) is 0 Å². The van der Waals surface area contributed by atoms with Crippen molar-refractivity contribution in [2.45, 2.75) is 26.2 Å². The van der Waals surface area contributed by atoms with E-state index in [0.29, 0.717) is 0 Å². The minimum absolute atomic E-state index is 0.0141. The van der Waals surface area contributed by atoms with Gasteiger partial charge in [0.05, 0.1) is 22.4 Å². The monoisotopic (exact) mass is 762 g/mol. The molecule has 0 radical (unpaired) electrons. The van der Waals surface area contributed by atoms with Crippen molar-refractivity contribution in [3.63, 3.8) is 0 Å². The lowest BCUT2D eigenvalue weighted by atomic mass is 9.88. The van der Waals surface area contributed by atoms with Gasteiger partial charge < -0.3 is 4.74 Å².